The Labute approximate surface area is 224 Å². The molecule has 3 aliphatic rings. The highest BCUT2D eigenvalue weighted by molar-refractivity contribution is 5.91. The lowest BCUT2D eigenvalue weighted by Gasteiger charge is -2.40. The largest absolute Gasteiger partial charge is 0.474 e. The van der Waals surface area contributed by atoms with Crippen LogP contribution in [0.3, 0.4) is 0 Å². The number of aliphatic hydroxyl groups is 1. The monoisotopic (exact) mass is 521 g/mol. The summed E-state index contributed by atoms with van der Waals surface area (Å²) in [7, 11) is 2.07. The fraction of sp³-hybridized carbons (Fsp3) is 0.517. The van der Waals surface area contributed by atoms with Crippen molar-refractivity contribution < 1.29 is 19.4 Å². The Bertz CT molecular complexity index is 1230. The average Bonchev–Trinajstić information content (AvgIpc) is 3.20. The van der Waals surface area contributed by atoms with Gasteiger partial charge in [0.1, 0.15) is 18.5 Å². The molecule has 5 rings (SSSR count). The lowest BCUT2D eigenvalue weighted by molar-refractivity contribution is -0.0411. The average molecular weight is 522 g/mol. The molecule has 0 bridgehead atoms. The van der Waals surface area contributed by atoms with Crippen LogP contribution in [0.2, 0.25) is 0 Å². The van der Waals surface area contributed by atoms with E-state index in [1.165, 1.54) is 0 Å². The smallest absolute Gasteiger partial charge is 0.320 e. The van der Waals surface area contributed by atoms with E-state index in [1.807, 2.05) is 31.2 Å². The molecule has 9 heteroatoms. The first kappa shape index (κ1) is 26.5. The number of rotatable bonds is 6. The molecule has 1 aromatic heterocycles. The highest BCUT2D eigenvalue weighted by atomic mass is 16.5. The van der Waals surface area contributed by atoms with Crippen LogP contribution >= 0.6 is 0 Å². The zero-order chi connectivity index (χ0) is 26.9. The van der Waals surface area contributed by atoms with E-state index in [4.69, 9.17) is 14.6 Å². The molecule has 3 N–H and O–H groups in total. The van der Waals surface area contributed by atoms with Gasteiger partial charge in [0.25, 0.3) is 0 Å². The molecule has 2 amide bonds. The number of amides is 2. The number of aliphatic hydroxyl groups excluding tert-OH is 1. The van der Waals surface area contributed by atoms with Gasteiger partial charge in [0, 0.05) is 13.1 Å². The maximum Gasteiger partial charge on any atom is 0.320 e. The summed E-state index contributed by atoms with van der Waals surface area (Å²) in [5.41, 5.74) is 3.51. The minimum absolute atomic E-state index is 0.0380. The van der Waals surface area contributed by atoms with Gasteiger partial charge in [-0.25, -0.2) is 9.48 Å². The number of ether oxygens (including phenoxy) is 2. The quantitative estimate of drug-likeness (QED) is 0.531. The van der Waals surface area contributed by atoms with Crippen molar-refractivity contribution in [3.05, 3.63) is 59.2 Å². The summed E-state index contributed by atoms with van der Waals surface area (Å²) in [5, 5.41) is 21.7. The van der Waals surface area contributed by atoms with Crippen LogP contribution in [0.1, 0.15) is 55.8 Å². The molecule has 9 nitrogen and oxygen atoms in total. The number of benzene rings is 1. The molecule has 0 spiro atoms. The number of anilines is 1. The molecular formula is C29H39N5O4. The summed E-state index contributed by atoms with van der Waals surface area (Å²) in [6.45, 7) is 8.89. The van der Waals surface area contributed by atoms with E-state index in [0.29, 0.717) is 31.3 Å². The molecule has 0 saturated carbocycles. The number of morpholine rings is 1. The summed E-state index contributed by atoms with van der Waals surface area (Å²) in [6, 6.07) is 7.08. The van der Waals surface area contributed by atoms with E-state index >= 15 is 0 Å². The number of allylic oxidation sites excluding steroid dienone is 4. The number of fused-ring (bicyclic) bond motifs is 1. The SMILES string of the molecule is Cc1c(OC[C@H]2CN(C)CCO2)nn(C2=CCCC=C2)c1NC(=O)N[C@@H]1c2ccccc2C(C)(C)CC1O. The van der Waals surface area contributed by atoms with Crippen LogP contribution in [-0.4, -0.2) is 71.4 Å². The number of hydrogen-bond acceptors (Lipinski definition) is 6. The van der Waals surface area contributed by atoms with Gasteiger partial charge in [0.15, 0.2) is 0 Å². The predicted octanol–water partition coefficient (Wildman–Crippen LogP) is 4.00. The first-order chi connectivity index (χ1) is 18.2. The third-order valence-corrected chi connectivity index (χ3v) is 7.69. The lowest BCUT2D eigenvalue weighted by Crippen LogP contribution is -2.45. The van der Waals surface area contributed by atoms with Gasteiger partial charge in [-0.2, -0.15) is 0 Å². The van der Waals surface area contributed by atoms with Crippen molar-refractivity contribution in [3.8, 4) is 5.88 Å². The van der Waals surface area contributed by atoms with Gasteiger partial charge in [-0.1, -0.05) is 50.3 Å². The molecule has 1 unspecified atom stereocenters. The van der Waals surface area contributed by atoms with Crippen LogP contribution in [0.25, 0.3) is 5.70 Å². The fourth-order valence-corrected chi connectivity index (χ4v) is 5.64. The maximum atomic E-state index is 13.4. The Morgan fingerprint density at radius 3 is 2.87 bits per heavy atom. The van der Waals surface area contributed by atoms with Crippen LogP contribution in [0.15, 0.2) is 42.5 Å². The molecule has 1 aromatic carbocycles. The van der Waals surface area contributed by atoms with Crippen molar-refractivity contribution in [3.63, 3.8) is 0 Å². The molecule has 1 aliphatic heterocycles. The maximum absolute atomic E-state index is 13.4. The molecule has 1 fully saturated rings. The van der Waals surface area contributed by atoms with Gasteiger partial charge in [-0.15, -0.1) is 5.10 Å². The minimum Gasteiger partial charge on any atom is -0.474 e. The standard InChI is InChI=1S/C29H39N5O4/c1-19-26(31-28(36)30-25-22-12-8-9-13-23(22)29(2,3)16-24(25)35)34(20-10-6-5-7-11-20)32-27(19)38-18-21-17-33(4)14-15-37-21/h6,8-13,21,24-25,35H,5,7,14-18H2,1-4H3,(H2,30,31,36)/t21-,24?,25-/m1/s1. The number of carbonyl (C=O) groups is 1. The molecule has 3 atom stereocenters. The number of hydrogen-bond donors (Lipinski definition) is 3. The van der Waals surface area contributed by atoms with E-state index in [0.717, 1.165) is 48.3 Å². The van der Waals surface area contributed by atoms with Crippen molar-refractivity contribution in [2.45, 2.75) is 63.7 Å². The summed E-state index contributed by atoms with van der Waals surface area (Å²) in [4.78, 5) is 15.6. The van der Waals surface area contributed by atoms with Gasteiger partial charge >= 0.3 is 6.03 Å². The Hall–Kier alpha value is -3.14. The Kier molecular flexibility index (Phi) is 7.61. The van der Waals surface area contributed by atoms with Crippen LogP contribution in [0.4, 0.5) is 10.6 Å². The Morgan fingerprint density at radius 2 is 2.11 bits per heavy atom. The predicted molar refractivity (Wildman–Crippen MR) is 147 cm³/mol. The van der Waals surface area contributed by atoms with Gasteiger partial charge in [0.2, 0.25) is 5.88 Å². The van der Waals surface area contributed by atoms with Crippen molar-refractivity contribution in [2.75, 3.05) is 38.7 Å². The van der Waals surface area contributed by atoms with Crippen molar-refractivity contribution >= 4 is 17.5 Å². The normalized spacial score (nSPS) is 24.9. The lowest BCUT2D eigenvalue weighted by atomic mass is 9.70. The Morgan fingerprint density at radius 1 is 1.29 bits per heavy atom. The number of likely N-dealkylation sites (N-methyl/N-ethyl adjacent to an activating group) is 1. The molecule has 2 heterocycles. The van der Waals surface area contributed by atoms with Crippen molar-refractivity contribution in [1.29, 1.82) is 0 Å². The second kappa shape index (κ2) is 10.9. The number of nitrogens with zero attached hydrogens (tertiary/aromatic N) is 3. The molecule has 2 aromatic rings. The van der Waals surface area contributed by atoms with Gasteiger partial charge in [-0.05, 0) is 55.9 Å². The van der Waals surface area contributed by atoms with Gasteiger partial charge in [0.05, 0.1) is 30.0 Å². The highest BCUT2D eigenvalue weighted by Gasteiger charge is 2.39. The fourth-order valence-electron chi connectivity index (χ4n) is 5.64. The van der Waals surface area contributed by atoms with Gasteiger partial charge in [-0.3, -0.25) is 5.32 Å². The van der Waals surface area contributed by atoms with Crippen molar-refractivity contribution in [1.82, 2.24) is 20.0 Å². The summed E-state index contributed by atoms with van der Waals surface area (Å²) >= 11 is 0. The zero-order valence-electron chi connectivity index (χ0n) is 22.7. The molecule has 1 saturated heterocycles. The van der Waals surface area contributed by atoms with E-state index < -0.39 is 18.2 Å². The topological polar surface area (TPSA) is 101 Å². The zero-order valence-corrected chi connectivity index (χ0v) is 22.7. The molecular weight excluding hydrogens is 482 g/mol. The van der Waals surface area contributed by atoms with Crippen LogP contribution in [-0.2, 0) is 10.2 Å². The minimum atomic E-state index is -0.701. The highest BCUT2D eigenvalue weighted by Crippen LogP contribution is 2.41. The van der Waals surface area contributed by atoms with Gasteiger partial charge < -0.3 is 24.8 Å². The second-order valence-electron chi connectivity index (χ2n) is 11.2. The van der Waals surface area contributed by atoms with Crippen molar-refractivity contribution in [2.24, 2.45) is 0 Å². The third kappa shape index (κ3) is 5.50. The summed E-state index contributed by atoms with van der Waals surface area (Å²) in [5.74, 6) is 0.998. The summed E-state index contributed by atoms with van der Waals surface area (Å²) < 4.78 is 13.7. The van der Waals surface area contributed by atoms with E-state index in [-0.39, 0.29) is 11.5 Å². The molecule has 0 radical (unpaired) electrons. The van der Waals surface area contributed by atoms with E-state index in [1.54, 1.807) is 4.68 Å². The number of nitrogens with one attached hydrogen (secondary N) is 2. The van der Waals surface area contributed by atoms with Crippen LogP contribution in [0, 0.1) is 6.92 Å². The Balaban J connectivity index is 1.37. The molecule has 204 valence electrons. The molecule has 2 aliphatic carbocycles. The van der Waals surface area contributed by atoms with Crippen LogP contribution < -0.4 is 15.4 Å². The number of aromatic nitrogens is 2. The third-order valence-electron chi connectivity index (χ3n) is 7.69. The van der Waals surface area contributed by atoms with E-state index in [9.17, 15) is 9.90 Å². The second-order valence-corrected chi connectivity index (χ2v) is 11.2. The number of urea groups is 1. The first-order valence-electron chi connectivity index (χ1n) is 13.5. The first-order valence-corrected chi connectivity index (χ1v) is 13.5. The number of carbonyl (C=O) groups excluding carboxylic acids is 1. The van der Waals surface area contributed by atoms with Crippen LogP contribution in [0.5, 0.6) is 5.88 Å². The molecule has 38 heavy (non-hydrogen) atoms. The van der Waals surface area contributed by atoms with E-state index in [2.05, 4.69) is 54.6 Å². The summed E-state index contributed by atoms with van der Waals surface area (Å²) in [6.07, 6.45) is 7.89.